The van der Waals surface area contributed by atoms with E-state index in [4.69, 9.17) is 5.11 Å². The number of aliphatic hydroxyl groups excluding tert-OH is 2. The molecule has 0 saturated carbocycles. The van der Waals surface area contributed by atoms with Gasteiger partial charge in [0, 0.05) is 22.8 Å². The molecule has 1 aromatic carbocycles. The second-order valence-electron chi connectivity index (χ2n) is 5.17. The van der Waals surface area contributed by atoms with Gasteiger partial charge in [0.25, 0.3) is 0 Å². The summed E-state index contributed by atoms with van der Waals surface area (Å²) in [5, 5.41) is 29.3. The lowest BCUT2D eigenvalue weighted by atomic mass is 10.0. The molecule has 1 heterocycles. The van der Waals surface area contributed by atoms with E-state index >= 15 is 0 Å². The summed E-state index contributed by atoms with van der Waals surface area (Å²) >= 11 is 1.22. The van der Waals surface area contributed by atoms with Crippen molar-refractivity contribution in [3.8, 4) is 0 Å². The fourth-order valence-electron chi connectivity index (χ4n) is 2.23. The number of ketones is 1. The largest absolute Gasteiger partial charge is 0.550 e. The first-order valence-corrected chi connectivity index (χ1v) is 8.03. The van der Waals surface area contributed by atoms with Gasteiger partial charge in [-0.05, 0) is 24.5 Å². The number of carbonyl (C=O) groups excluding carboxylic acids is 2. The minimum atomic E-state index is -1.16. The van der Waals surface area contributed by atoms with Gasteiger partial charge in [-0.3, -0.25) is 4.79 Å². The topological polar surface area (TPSA) is 97.7 Å². The van der Waals surface area contributed by atoms with Gasteiger partial charge in [-0.2, -0.15) is 0 Å². The summed E-state index contributed by atoms with van der Waals surface area (Å²) in [4.78, 5) is 24.4. The molecule has 6 heteroatoms. The van der Waals surface area contributed by atoms with Crippen molar-refractivity contribution in [2.24, 2.45) is 0 Å². The molecular formula is C17H17O5S-. The van der Waals surface area contributed by atoms with E-state index < -0.39 is 18.7 Å². The first-order valence-electron chi connectivity index (χ1n) is 7.21. The van der Waals surface area contributed by atoms with Crippen LogP contribution in [0.2, 0.25) is 0 Å². The van der Waals surface area contributed by atoms with Gasteiger partial charge in [0.2, 0.25) is 5.78 Å². The van der Waals surface area contributed by atoms with Crippen LogP contribution < -0.4 is 5.11 Å². The van der Waals surface area contributed by atoms with Crippen LogP contribution in [-0.2, 0) is 17.6 Å². The van der Waals surface area contributed by atoms with Gasteiger partial charge in [0.05, 0.1) is 17.6 Å². The molecule has 0 aliphatic rings. The number of carboxylic acid groups (broad SMARTS) is 1. The van der Waals surface area contributed by atoms with Gasteiger partial charge in [-0.15, -0.1) is 11.3 Å². The molecule has 0 spiro atoms. The van der Waals surface area contributed by atoms with Crippen LogP contribution in [0.25, 0.3) is 0 Å². The number of hydrogen-bond donors (Lipinski definition) is 2. The van der Waals surface area contributed by atoms with Gasteiger partial charge in [0.15, 0.2) is 0 Å². The van der Waals surface area contributed by atoms with Crippen LogP contribution in [-0.4, -0.2) is 34.7 Å². The predicted molar refractivity (Wildman–Crippen MR) is 84.3 cm³/mol. The van der Waals surface area contributed by atoms with Gasteiger partial charge in [0.1, 0.15) is 0 Å². The number of aliphatic hydroxyl groups is 2. The van der Waals surface area contributed by atoms with Gasteiger partial charge in [-0.1, -0.05) is 30.3 Å². The molecule has 2 N–H and O–H groups in total. The highest BCUT2D eigenvalue weighted by atomic mass is 32.1. The lowest BCUT2D eigenvalue weighted by Crippen LogP contribution is -2.22. The average molecular weight is 333 g/mol. The van der Waals surface area contributed by atoms with Crippen LogP contribution in [0.15, 0.2) is 36.4 Å². The Bertz CT molecular complexity index is 678. The third kappa shape index (κ3) is 4.72. The summed E-state index contributed by atoms with van der Waals surface area (Å²) in [5.74, 6) is -1.31. The highest BCUT2D eigenvalue weighted by Gasteiger charge is 2.18. The quantitative estimate of drug-likeness (QED) is 0.688. The second kappa shape index (κ2) is 8.01. The number of thiophene rings is 1. The van der Waals surface area contributed by atoms with Crippen molar-refractivity contribution in [3.05, 3.63) is 57.3 Å². The number of aliphatic carboxylic acids is 1. The molecule has 0 radical (unpaired) electrons. The smallest absolute Gasteiger partial charge is 0.202 e. The first kappa shape index (κ1) is 17.3. The predicted octanol–water partition coefficient (Wildman–Crippen LogP) is 0.557. The van der Waals surface area contributed by atoms with E-state index in [2.05, 4.69) is 0 Å². The maximum absolute atomic E-state index is 12.5. The fraction of sp³-hybridized carbons (Fsp3) is 0.294. The summed E-state index contributed by atoms with van der Waals surface area (Å²) in [6.45, 7) is -0.391. The monoisotopic (exact) mass is 333 g/mol. The molecule has 0 fully saturated rings. The number of rotatable bonds is 8. The molecule has 1 atom stereocenters. The SMILES string of the molecule is O=C([O-])CCc1sc(C(=O)c2ccccc2)cc1CC(O)CO. The van der Waals surface area contributed by atoms with Crippen molar-refractivity contribution >= 4 is 23.1 Å². The maximum atomic E-state index is 12.5. The molecule has 0 aliphatic heterocycles. The molecule has 1 aromatic heterocycles. The summed E-state index contributed by atoms with van der Waals surface area (Å²) in [5.41, 5.74) is 1.24. The number of benzene rings is 1. The van der Waals surface area contributed by atoms with Gasteiger partial charge in [-0.25, -0.2) is 0 Å². The van der Waals surface area contributed by atoms with Crippen LogP contribution in [0, 0.1) is 0 Å². The molecule has 23 heavy (non-hydrogen) atoms. The van der Waals surface area contributed by atoms with Crippen molar-refractivity contribution in [2.45, 2.75) is 25.4 Å². The Morgan fingerprint density at radius 3 is 2.52 bits per heavy atom. The van der Waals surface area contributed by atoms with E-state index in [1.807, 2.05) is 6.07 Å². The van der Waals surface area contributed by atoms with Crippen LogP contribution in [0.5, 0.6) is 0 Å². The zero-order valence-electron chi connectivity index (χ0n) is 12.4. The molecule has 0 aliphatic carbocycles. The Labute approximate surface area is 137 Å². The Kier molecular flexibility index (Phi) is 6.04. The third-order valence-corrected chi connectivity index (χ3v) is 4.61. The van der Waals surface area contributed by atoms with Gasteiger partial charge < -0.3 is 20.1 Å². The first-order chi connectivity index (χ1) is 11.0. The number of carbonyl (C=O) groups is 2. The molecule has 1 unspecified atom stereocenters. The minimum absolute atomic E-state index is 0.143. The average Bonchev–Trinajstić information content (AvgIpc) is 2.95. The standard InChI is InChI=1S/C17H18O5S/c18-10-13(19)8-12-9-15(23-14(12)6-7-16(20)21)17(22)11-4-2-1-3-5-11/h1-5,9,13,18-19H,6-8,10H2,(H,20,21)/p-1. The number of carboxylic acids is 1. The zero-order chi connectivity index (χ0) is 16.8. The minimum Gasteiger partial charge on any atom is -0.550 e. The van der Waals surface area contributed by atoms with E-state index in [1.54, 1.807) is 30.3 Å². The van der Waals surface area contributed by atoms with E-state index in [9.17, 15) is 19.8 Å². The van der Waals surface area contributed by atoms with Crippen LogP contribution in [0.3, 0.4) is 0 Å². The molecule has 122 valence electrons. The van der Waals surface area contributed by atoms with Crippen molar-refractivity contribution in [1.82, 2.24) is 0 Å². The molecule has 2 rings (SSSR count). The molecule has 0 saturated heterocycles. The molecule has 0 amide bonds. The molecule has 5 nitrogen and oxygen atoms in total. The van der Waals surface area contributed by atoms with Crippen LogP contribution in [0.1, 0.15) is 32.1 Å². The van der Waals surface area contributed by atoms with E-state index in [-0.39, 0.29) is 25.0 Å². The Balaban J connectivity index is 2.28. The van der Waals surface area contributed by atoms with E-state index in [1.165, 1.54) is 11.3 Å². The van der Waals surface area contributed by atoms with Crippen molar-refractivity contribution < 1.29 is 24.9 Å². The number of aryl methyl sites for hydroxylation is 1. The van der Waals surface area contributed by atoms with Crippen LogP contribution >= 0.6 is 11.3 Å². The summed E-state index contributed by atoms with van der Waals surface area (Å²) in [7, 11) is 0. The van der Waals surface area contributed by atoms with E-state index in [0.29, 0.717) is 16.0 Å². The lowest BCUT2D eigenvalue weighted by molar-refractivity contribution is -0.305. The Hall–Kier alpha value is -2.02. The summed E-state index contributed by atoms with van der Waals surface area (Å²) in [6.07, 6.45) is -0.673. The van der Waals surface area contributed by atoms with E-state index in [0.717, 1.165) is 4.88 Å². The summed E-state index contributed by atoms with van der Waals surface area (Å²) in [6, 6.07) is 10.5. The molecule has 0 bridgehead atoms. The van der Waals surface area contributed by atoms with Crippen molar-refractivity contribution in [2.75, 3.05) is 6.61 Å². The van der Waals surface area contributed by atoms with Gasteiger partial charge >= 0.3 is 0 Å². The zero-order valence-corrected chi connectivity index (χ0v) is 13.2. The third-order valence-electron chi connectivity index (χ3n) is 3.38. The van der Waals surface area contributed by atoms with Crippen LogP contribution in [0.4, 0.5) is 0 Å². The van der Waals surface area contributed by atoms with Crippen molar-refractivity contribution in [1.29, 1.82) is 0 Å². The Morgan fingerprint density at radius 1 is 1.22 bits per heavy atom. The number of hydrogen-bond acceptors (Lipinski definition) is 6. The normalized spacial score (nSPS) is 12.1. The highest BCUT2D eigenvalue weighted by molar-refractivity contribution is 7.14. The summed E-state index contributed by atoms with van der Waals surface area (Å²) < 4.78 is 0. The second-order valence-corrected chi connectivity index (χ2v) is 6.30. The maximum Gasteiger partial charge on any atom is 0.202 e. The fourth-order valence-corrected chi connectivity index (χ4v) is 3.38. The lowest BCUT2D eigenvalue weighted by Gasteiger charge is -2.08. The van der Waals surface area contributed by atoms with Crippen molar-refractivity contribution in [3.63, 3.8) is 0 Å². The molecule has 2 aromatic rings. The Morgan fingerprint density at radius 2 is 1.91 bits per heavy atom. The molecular weight excluding hydrogens is 316 g/mol. The highest BCUT2D eigenvalue weighted by Crippen LogP contribution is 2.27.